The van der Waals surface area contributed by atoms with Gasteiger partial charge in [-0.05, 0) is 55.3 Å². The van der Waals surface area contributed by atoms with Crippen LogP contribution in [0.4, 0.5) is 11.4 Å². The van der Waals surface area contributed by atoms with Crippen LogP contribution >= 0.6 is 11.8 Å². The van der Waals surface area contributed by atoms with Crippen LogP contribution < -0.4 is 10.0 Å². The minimum absolute atomic E-state index is 0.0178. The molecule has 0 radical (unpaired) electrons. The zero-order valence-corrected chi connectivity index (χ0v) is 17.4. The lowest BCUT2D eigenvalue weighted by Gasteiger charge is -2.27. The number of carbonyl (C=O) groups excluding carboxylic acids is 2. The molecule has 2 aromatic rings. The van der Waals surface area contributed by atoms with Crippen LogP contribution in [-0.4, -0.2) is 43.5 Å². The van der Waals surface area contributed by atoms with E-state index >= 15 is 0 Å². The van der Waals surface area contributed by atoms with Crippen LogP contribution in [-0.2, 0) is 19.6 Å². The molecular formula is C20H18N4O4S2. The number of hydrogen-bond donors (Lipinski definition) is 2. The molecule has 2 amide bonds. The summed E-state index contributed by atoms with van der Waals surface area (Å²) in [7, 11) is -3.90. The minimum Gasteiger partial charge on any atom is -0.341 e. The summed E-state index contributed by atoms with van der Waals surface area (Å²) in [5.74, 6) is -0.654. The van der Waals surface area contributed by atoms with Gasteiger partial charge in [0, 0.05) is 23.7 Å². The number of nitriles is 1. The molecule has 1 fully saturated rings. The maximum atomic E-state index is 12.7. The summed E-state index contributed by atoms with van der Waals surface area (Å²) in [6, 6.07) is 12.4. The molecule has 4 rings (SSSR count). The van der Waals surface area contributed by atoms with Crippen molar-refractivity contribution in [3.63, 3.8) is 0 Å². The molecule has 2 heterocycles. The molecule has 1 unspecified atom stereocenters. The molecule has 2 aliphatic heterocycles. The molecular weight excluding hydrogens is 424 g/mol. The van der Waals surface area contributed by atoms with E-state index in [1.807, 2.05) is 6.07 Å². The normalized spacial score (nSPS) is 18.3. The van der Waals surface area contributed by atoms with Gasteiger partial charge in [0.15, 0.2) is 5.25 Å². The predicted octanol–water partition coefficient (Wildman–Crippen LogP) is 2.39. The molecule has 0 spiro atoms. The lowest BCUT2D eigenvalue weighted by molar-refractivity contribution is -0.133. The molecule has 0 aliphatic carbocycles. The highest BCUT2D eigenvalue weighted by molar-refractivity contribution is 8.01. The van der Waals surface area contributed by atoms with Crippen LogP contribution in [0.25, 0.3) is 0 Å². The summed E-state index contributed by atoms with van der Waals surface area (Å²) in [5, 5.41) is 10.6. The number of nitrogens with zero attached hydrogens (tertiary/aromatic N) is 2. The Bertz CT molecular complexity index is 1150. The summed E-state index contributed by atoms with van der Waals surface area (Å²) in [6.45, 7) is 1.32. The fraction of sp³-hybridized carbons (Fsp3) is 0.250. The van der Waals surface area contributed by atoms with Crippen molar-refractivity contribution < 1.29 is 18.0 Å². The largest absolute Gasteiger partial charge is 0.341 e. The Morgan fingerprint density at radius 2 is 1.87 bits per heavy atom. The molecule has 154 valence electrons. The maximum absolute atomic E-state index is 12.7. The molecule has 30 heavy (non-hydrogen) atoms. The number of rotatable bonds is 4. The third-order valence-corrected chi connectivity index (χ3v) is 7.55. The van der Waals surface area contributed by atoms with Crippen LogP contribution in [0.5, 0.6) is 0 Å². The van der Waals surface area contributed by atoms with E-state index in [0.29, 0.717) is 34.9 Å². The number of hydrogen-bond acceptors (Lipinski definition) is 6. The van der Waals surface area contributed by atoms with Gasteiger partial charge in [-0.2, -0.15) is 5.26 Å². The monoisotopic (exact) mass is 442 g/mol. The number of sulfonamides is 1. The molecule has 0 saturated carbocycles. The first-order valence-electron chi connectivity index (χ1n) is 9.31. The Labute approximate surface area is 178 Å². The van der Waals surface area contributed by atoms with E-state index in [0.717, 1.165) is 24.6 Å². The van der Waals surface area contributed by atoms with E-state index in [9.17, 15) is 18.0 Å². The van der Waals surface area contributed by atoms with Crippen molar-refractivity contribution in [2.45, 2.75) is 27.9 Å². The number of likely N-dealkylation sites (tertiary alicyclic amines) is 1. The van der Waals surface area contributed by atoms with Crippen molar-refractivity contribution in [3.05, 3.63) is 48.0 Å². The fourth-order valence-electron chi connectivity index (χ4n) is 3.35. The summed E-state index contributed by atoms with van der Waals surface area (Å²) in [4.78, 5) is 27.4. The first-order chi connectivity index (χ1) is 14.4. The molecule has 2 aromatic carbocycles. The summed E-state index contributed by atoms with van der Waals surface area (Å²) in [6.07, 6.45) is 1.88. The van der Waals surface area contributed by atoms with Crippen molar-refractivity contribution >= 4 is 45.0 Å². The molecule has 0 bridgehead atoms. The average molecular weight is 443 g/mol. The van der Waals surface area contributed by atoms with E-state index in [1.165, 1.54) is 36.4 Å². The van der Waals surface area contributed by atoms with Crippen molar-refractivity contribution in [1.82, 2.24) is 4.90 Å². The molecule has 2 aliphatic rings. The third-order valence-electron chi connectivity index (χ3n) is 4.91. The van der Waals surface area contributed by atoms with E-state index in [1.54, 1.807) is 11.0 Å². The van der Waals surface area contributed by atoms with Crippen molar-refractivity contribution in [3.8, 4) is 6.07 Å². The number of benzene rings is 2. The van der Waals surface area contributed by atoms with E-state index < -0.39 is 21.2 Å². The van der Waals surface area contributed by atoms with E-state index in [4.69, 9.17) is 5.26 Å². The summed E-state index contributed by atoms with van der Waals surface area (Å²) < 4.78 is 27.9. The van der Waals surface area contributed by atoms with Crippen LogP contribution in [0.3, 0.4) is 0 Å². The number of nitrogens with one attached hydrogen (secondary N) is 2. The smallest absolute Gasteiger partial charge is 0.261 e. The van der Waals surface area contributed by atoms with E-state index in [2.05, 4.69) is 10.0 Å². The molecule has 0 aromatic heterocycles. The predicted molar refractivity (Wildman–Crippen MR) is 112 cm³/mol. The van der Waals surface area contributed by atoms with Crippen LogP contribution in [0, 0.1) is 11.3 Å². The average Bonchev–Trinajstić information content (AvgIpc) is 3.27. The molecule has 1 saturated heterocycles. The lowest BCUT2D eigenvalue weighted by atomic mass is 10.2. The van der Waals surface area contributed by atoms with Gasteiger partial charge in [0.05, 0.1) is 22.2 Å². The Morgan fingerprint density at radius 3 is 2.53 bits per heavy atom. The van der Waals surface area contributed by atoms with Gasteiger partial charge in [0.2, 0.25) is 11.8 Å². The van der Waals surface area contributed by atoms with Gasteiger partial charge in [-0.3, -0.25) is 14.3 Å². The first kappa shape index (κ1) is 20.3. The lowest BCUT2D eigenvalue weighted by Crippen LogP contribution is -2.43. The Morgan fingerprint density at radius 1 is 1.17 bits per heavy atom. The second-order valence-corrected chi connectivity index (χ2v) is 9.80. The van der Waals surface area contributed by atoms with Gasteiger partial charge in [0.25, 0.3) is 10.0 Å². The number of amides is 2. The number of thioether (sulfide) groups is 1. The van der Waals surface area contributed by atoms with Crippen LogP contribution in [0.15, 0.2) is 52.3 Å². The Hall–Kier alpha value is -3.03. The number of fused-ring (bicyclic) bond motifs is 1. The SMILES string of the molecule is N#Cc1ccc(NS(=O)(=O)c2ccc3c(c2)NC(=O)C(C(=O)N2CCCC2)S3)cc1. The third kappa shape index (κ3) is 3.99. The molecule has 1 atom stereocenters. The highest BCUT2D eigenvalue weighted by atomic mass is 32.2. The fourth-order valence-corrected chi connectivity index (χ4v) is 5.49. The van der Waals surface area contributed by atoms with Gasteiger partial charge in [0.1, 0.15) is 0 Å². The van der Waals surface area contributed by atoms with Crippen LogP contribution in [0.2, 0.25) is 0 Å². The molecule has 10 heteroatoms. The standard InChI is InChI=1S/C20H18N4O4S2/c21-12-13-3-5-14(6-4-13)23-30(27,28)15-7-8-17-16(11-15)22-19(25)18(29-17)20(26)24-9-1-2-10-24/h3-8,11,18,23H,1-2,9-10H2,(H,22,25). The zero-order valence-electron chi connectivity index (χ0n) is 15.8. The first-order valence-corrected chi connectivity index (χ1v) is 11.7. The van der Waals surface area contributed by atoms with Crippen LogP contribution in [0.1, 0.15) is 18.4 Å². The van der Waals surface area contributed by atoms with Gasteiger partial charge < -0.3 is 10.2 Å². The van der Waals surface area contributed by atoms with Gasteiger partial charge in [-0.25, -0.2) is 8.42 Å². The van der Waals surface area contributed by atoms with Crippen molar-refractivity contribution in [1.29, 1.82) is 5.26 Å². The summed E-state index contributed by atoms with van der Waals surface area (Å²) >= 11 is 1.14. The molecule has 2 N–H and O–H groups in total. The van der Waals surface area contributed by atoms with Crippen molar-refractivity contribution in [2.24, 2.45) is 0 Å². The quantitative estimate of drug-likeness (QED) is 0.702. The van der Waals surface area contributed by atoms with Crippen molar-refractivity contribution in [2.75, 3.05) is 23.1 Å². The Kier molecular flexibility index (Phi) is 5.40. The summed E-state index contributed by atoms with van der Waals surface area (Å²) in [5.41, 5.74) is 1.10. The highest BCUT2D eigenvalue weighted by Crippen LogP contribution is 2.38. The highest BCUT2D eigenvalue weighted by Gasteiger charge is 2.37. The molecule has 8 nitrogen and oxygen atoms in total. The van der Waals surface area contributed by atoms with E-state index in [-0.39, 0.29) is 10.8 Å². The second-order valence-electron chi connectivity index (χ2n) is 6.97. The second kappa shape index (κ2) is 8.01. The van der Waals surface area contributed by atoms with Gasteiger partial charge in [-0.15, -0.1) is 11.8 Å². The van der Waals surface area contributed by atoms with Gasteiger partial charge >= 0.3 is 0 Å². The number of carbonyl (C=O) groups is 2. The minimum atomic E-state index is -3.90. The zero-order chi connectivity index (χ0) is 21.3. The Balaban J connectivity index is 1.54. The van der Waals surface area contributed by atoms with Gasteiger partial charge in [-0.1, -0.05) is 0 Å². The maximum Gasteiger partial charge on any atom is 0.261 e. The number of anilines is 2. The topological polar surface area (TPSA) is 119 Å².